The Labute approximate surface area is 198 Å². The number of ether oxygens (including phenoxy) is 1. The van der Waals surface area contributed by atoms with E-state index >= 15 is 0 Å². The van der Waals surface area contributed by atoms with Crippen LogP contribution in [0.4, 0.5) is 0 Å². The molecule has 0 N–H and O–H groups in total. The van der Waals surface area contributed by atoms with E-state index < -0.39 is 15.9 Å². The summed E-state index contributed by atoms with van der Waals surface area (Å²) in [6, 6.07) is 12.2. The molecule has 0 spiro atoms. The van der Waals surface area contributed by atoms with Gasteiger partial charge in [0.2, 0.25) is 10.0 Å². The first-order valence-corrected chi connectivity index (χ1v) is 13.3. The summed E-state index contributed by atoms with van der Waals surface area (Å²) in [6.45, 7) is 5.29. The first kappa shape index (κ1) is 23.8. The predicted molar refractivity (Wildman–Crippen MR) is 130 cm³/mol. The van der Waals surface area contributed by atoms with Gasteiger partial charge >= 0.3 is 0 Å². The lowest BCUT2D eigenvalue weighted by atomic mass is 10.0. The number of nitrogens with zero attached hydrogens (tertiary/aromatic N) is 3. The molecule has 1 aliphatic rings. The van der Waals surface area contributed by atoms with Gasteiger partial charge in [-0.25, -0.2) is 8.42 Å². The lowest BCUT2D eigenvalue weighted by molar-refractivity contribution is 0.0979. The third-order valence-electron chi connectivity index (χ3n) is 5.99. The van der Waals surface area contributed by atoms with Crippen molar-refractivity contribution in [2.45, 2.75) is 43.6 Å². The normalized spacial score (nSPS) is 17.5. The van der Waals surface area contributed by atoms with Gasteiger partial charge in [-0.05, 0) is 60.7 Å². The van der Waals surface area contributed by atoms with Crippen molar-refractivity contribution in [3.8, 4) is 0 Å². The van der Waals surface area contributed by atoms with Crippen LogP contribution in [0.15, 0.2) is 52.4 Å². The number of sulfonamides is 1. The van der Waals surface area contributed by atoms with Crippen LogP contribution in [0.2, 0.25) is 0 Å². The molecule has 0 saturated carbocycles. The molecule has 33 heavy (non-hydrogen) atoms. The summed E-state index contributed by atoms with van der Waals surface area (Å²) in [4.78, 5) is 17.8. The maximum absolute atomic E-state index is 12.9. The van der Waals surface area contributed by atoms with Crippen LogP contribution < -0.4 is 4.80 Å². The maximum Gasteiger partial charge on any atom is 0.279 e. The van der Waals surface area contributed by atoms with E-state index in [2.05, 4.69) is 37.0 Å². The molecule has 1 fully saturated rings. The Balaban J connectivity index is 1.56. The molecule has 4 rings (SSSR count). The highest BCUT2D eigenvalue weighted by Crippen LogP contribution is 2.23. The predicted octanol–water partition coefficient (Wildman–Crippen LogP) is 3.90. The lowest BCUT2D eigenvalue weighted by Crippen LogP contribution is -2.34. The van der Waals surface area contributed by atoms with Gasteiger partial charge in [0.1, 0.15) is 0 Å². The highest BCUT2D eigenvalue weighted by Gasteiger charge is 2.26. The van der Waals surface area contributed by atoms with Crippen molar-refractivity contribution in [3.63, 3.8) is 0 Å². The lowest BCUT2D eigenvalue weighted by Gasteiger charge is -2.20. The fourth-order valence-corrected chi connectivity index (χ4v) is 6.16. The van der Waals surface area contributed by atoms with Crippen molar-refractivity contribution < 1.29 is 17.9 Å². The minimum atomic E-state index is -3.65. The van der Waals surface area contributed by atoms with E-state index in [4.69, 9.17) is 4.74 Å². The van der Waals surface area contributed by atoms with Gasteiger partial charge < -0.3 is 9.30 Å². The van der Waals surface area contributed by atoms with Crippen molar-refractivity contribution >= 4 is 37.5 Å². The average molecular weight is 488 g/mol. The van der Waals surface area contributed by atoms with Crippen LogP contribution in [0.25, 0.3) is 10.2 Å². The van der Waals surface area contributed by atoms with E-state index in [0.717, 1.165) is 23.1 Å². The van der Waals surface area contributed by atoms with Gasteiger partial charge in [0.05, 0.1) is 21.2 Å². The second-order valence-electron chi connectivity index (χ2n) is 8.69. The Morgan fingerprint density at radius 3 is 2.61 bits per heavy atom. The Morgan fingerprint density at radius 2 is 1.97 bits per heavy atom. The van der Waals surface area contributed by atoms with E-state index in [9.17, 15) is 13.2 Å². The van der Waals surface area contributed by atoms with Crippen molar-refractivity contribution in [1.82, 2.24) is 8.87 Å². The number of aryl methyl sites for hydroxylation is 1. The molecule has 1 amide bonds. The Morgan fingerprint density at radius 1 is 1.24 bits per heavy atom. The van der Waals surface area contributed by atoms with Gasteiger partial charge in [-0.1, -0.05) is 31.3 Å². The number of carbonyl (C=O) groups is 1. The minimum Gasteiger partial charge on any atom is -0.377 e. The van der Waals surface area contributed by atoms with Crippen LogP contribution in [0, 0.1) is 0 Å². The van der Waals surface area contributed by atoms with E-state index in [0.29, 0.717) is 29.4 Å². The number of rotatable bonds is 6. The van der Waals surface area contributed by atoms with Crippen molar-refractivity contribution in [1.29, 1.82) is 0 Å². The van der Waals surface area contributed by atoms with Gasteiger partial charge in [0, 0.05) is 32.8 Å². The van der Waals surface area contributed by atoms with Crippen molar-refractivity contribution in [3.05, 3.63) is 58.4 Å². The topological polar surface area (TPSA) is 81.0 Å². The fourth-order valence-electron chi connectivity index (χ4n) is 3.89. The van der Waals surface area contributed by atoms with Crippen LogP contribution in [0.5, 0.6) is 0 Å². The number of likely N-dealkylation sites (N-methyl/N-ethyl adjacent to an activating group) is 1. The van der Waals surface area contributed by atoms with E-state index in [1.807, 2.05) is 11.6 Å². The molecular formula is C24H29N3O4S2. The first-order chi connectivity index (χ1) is 15.7. The molecule has 3 aromatic rings. The molecule has 1 saturated heterocycles. The molecule has 1 unspecified atom stereocenters. The summed E-state index contributed by atoms with van der Waals surface area (Å²) < 4.78 is 35.6. The van der Waals surface area contributed by atoms with Crippen molar-refractivity contribution in [2.24, 2.45) is 12.0 Å². The largest absolute Gasteiger partial charge is 0.377 e. The number of carbonyl (C=O) groups excluding carboxylic acids is 1. The molecule has 0 radical (unpaired) electrons. The second kappa shape index (κ2) is 9.50. The molecule has 7 nitrogen and oxygen atoms in total. The average Bonchev–Trinajstić information content (AvgIpc) is 3.41. The Kier molecular flexibility index (Phi) is 6.86. The van der Waals surface area contributed by atoms with Crippen molar-refractivity contribution in [2.75, 3.05) is 20.2 Å². The van der Waals surface area contributed by atoms with Crippen LogP contribution in [-0.4, -0.2) is 49.5 Å². The van der Waals surface area contributed by atoms with Crippen LogP contribution >= 0.6 is 11.3 Å². The molecular weight excluding hydrogens is 458 g/mol. The fraction of sp³-hybridized carbons (Fsp3) is 0.417. The second-order valence-corrected chi connectivity index (χ2v) is 11.7. The first-order valence-electron chi connectivity index (χ1n) is 11.0. The minimum absolute atomic E-state index is 0.0666. The number of amides is 1. The molecule has 1 aromatic heterocycles. The van der Waals surface area contributed by atoms with Gasteiger partial charge in [-0.3, -0.25) is 4.79 Å². The number of aromatic nitrogens is 1. The molecule has 2 aromatic carbocycles. The van der Waals surface area contributed by atoms with Gasteiger partial charge in [0.15, 0.2) is 4.80 Å². The molecule has 9 heteroatoms. The molecule has 0 aliphatic carbocycles. The molecule has 0 bridgehead atoms. The summed E-state index contributed by atoms with van der Waals surface area (Å²) in [7, 11) is -0.212. The summed E-state index contributed by atoms with van der Waals surface area (Å²) in [5.74, 6) is 0.0150. The standard InChI is InChI=1S/C24H29N3O4S2/c1-16(2)18-9-12-21-22(14-18)32-24(27(21)4)25-23(28)17-7-10-20(11-8-17)33(29,30)26(3)15-19-6-5-13-31-19/h7-12,14,16,19H,5-6,13,15H2,1-4H3. The van der Waals surface area contributed by atoms with Crippen LogP contribution in [-0.2, 0) is 21.8 Å². The number of benzene rings is 2. The zero-order valence-corrected chi connectivity index (χ0v) is 20.9. The summed E-state index contributed by atoms with van der Waals surface area (Å²) >= 11 is 1.47. The van der Waals surface area contributed by atoms with Crippen LogP contribution in [0.3, 0.4) is 0 Å². The number of fused-ring (bicyclic) bond motifs is 1. The van der Waals surface area contributed by atoms with E-state index in [-0.39, 0.29) is 11.0 Å². The number of hydrogen-bond acceptors (Lipinski definition) is 5. The SMILES string of the molecule is CC(C)c1ccc2c(c1)sc(=NC(=O)c1ccc(S(=O)(=O)N(C)CC3CCCO3)cc1)n2C. The van der Waals surface area contributed by atoms with Crippen LogP contribution in [0.1, 0.15) is 48.5 Å². The Hall–Kier alpha value is -2.33. The Bertz CT molecular complexity index is 1330. The summed E-state index contributed by atoms with van der Waals surface area (Å²) in [5, 5.41) is 0. The highest BCUT2D eigenvalue weighted by atomic mass is 32.2. The third kappa shape index (κ3) is 4.96. The molecule has 2 heterocycles. The van der Waals surface area contributed by atoms with Gasteiger partial charge in [-0.15, -0.1) is 0 Å². The zero-order valence-electron chi connectivity index (χ0n) is 19.3. The number of thiazole rings is 1. The van der Waals surface area contributed by atoms with Gasteiger partial charge in [-0.2, -0.15) is 9.30 Å². The molecule has 176 valence electrons. The van der Waals surface area contributed by atoms with E-state index in [1.165, 1.54) is 45.5 Å². The summed E-state index contributed by atoms with van der Waals surface area (Å²) in [5.41, 5.74) is 2.60. The third-order valence-corrected chi connectivity index (χ3v) is 8.92. The zero-order chi connectivity index (χ0) is 23.8. The van der Waals surface area contributed by atoms with Gasteiger partial charge in [0.25, 0.3) is 5.91 Å². The molecule has 1 atom stereocenters. The quantitative estimate of drug-likeness (QED) is 0.528. The van der Waals surface area contributed by atoms with E-state index in [1.54, 1.807) is 7.05 Å². The maximum atomic E-state index is 12.9. The summed E-state index contributed by atoms with van der Waals surface area (Å²) in [6.07, 6.45) is 1.75. The number of hydrogen-bond donors (Lipinski definition) is 0. The monoisotopic (exact) mass is 487 g/mol. The molecule has 1 aliphatic heterocycles. The smallest absolute Gasteiger partial charge is 0.279 e. The highest BCUT2D eigenvalue weighted by molar-refractivity contribution is 7.89.